The van der Waals surface area contributed by atoms with Gasteiger partial charge in [-0.3, -0.25) is 4.31 Å². The maximum absolute atomic E-state index is 13.2. The summed E-state index contributed by atoms with van der Waals surface area (Å²) in [7, 11) is -3.72. The number of sulfonamides is 1. The quantitative estimate of drug-likeness (QED) is 0.560. The molecule has 6 heteroatoms. The van der Waals surface area contributed by atoms with Crippen LogP contribution in [0.4, 0.5) is 5.69 Å². The standard InChI is InChI=1S/C22H29NO4S/c1-3-4-9-18(2)10-8-17-23(20-15-13-19(14-16-20)22(24)25)28(26,27)21-11-6-5-7-12-21/h5-7,11-16,18H,3-4,8-10,17H2,1-2H3,(H,24,25). The fourth-order valence-corrected chi connectivity index (χ4v) is 4.68. The first-order valence-electron chi connectivity index (χ1n) is 9.77. The molecule has 1 atom stereocenters. The summed E-state index contributed by atoms with van der Waals surface area (Å²) in [6, 6.07) is 14.3. The normalized spacial score (nSPS) is 12.5. The molecule has 1 N–H and O–H groups in total. The number of benzene rings is 2. The van der Waals surface area contributed by atoms with Crippen molar-refractivity contribution in [3.8, 4) is 0 Å². The number of unbranched alkanes of at least 4 members (excludes halogenated alkanes) is 1. The van der Waals surface area contributed by atoms with E-state index in [2.05, 4.69) is 13.8 Å². The van der Waals surface area contributed by atoms with E-state index in [1.807, 2.05) is 0 Å². The van der Waals surface area contributed by atoms with Gasteiger partial charge in [-0.2, -0.15) is 0 Å². The minimum absolute atomic E-state index is 0.133. The predicted octanol–water partition coefficient (Wildman–Crippen LogP) is 5.19. The molecule has 0 spiro atoms. The fraction of sp³-hybridized carbons (Fsp3) is 0.409. The Balaban J connectivity index is 2.24. The average molecular weight is 404 g/mol. The Morgan fingerprint density at radius 3 is 2.18 bits per heavy atom. The molecule has 0 aromatic heterocycles. The molecule has 0 bridgehead atoms. The van der Waals surface area contributed by atoms with Crippen LogP contribution in [0, 0.1) is 5.92 Å². The summed E-state index contributed by atoms with van der Waals surface area (Å²) in [4.78, 5) is 11.3. The average Bonchev–Trinajstić information content (AvgIpc) is 2.70. The van der Waals surface area contributed by atoms with Crippen molar-refractivity contribution in [1.29, 1.82) is 0 Å². The van der Waals surface area contributed by atoms with Crippen molar-refractivity contribution in [3.05, 3.63) is 60.2 Å². The van der Waals surface area contributed by atoms with Crippen LogP contribution in [-0.4, -0.2) is 26.0 Å². The molecule has 0 fully saturated rings. The van der Waals surface area contributed by atoms with Gasteiger partial charge in [-0.25, -0.2) is 13.2 Å². The van der Waals surface area contributed by atoms with Gasteiger partial charge in [-0.1, -0.05) is 51.3 Å². The number of rotatable bonds is 11. The lowest BCUT2D eigenvalue weighted by Gasteiger charge is -2.25. The first-order valence-corrected chi connectivity index (χ1v) is 11.2. The van der Waals surface area contributed by atoms with Gasteiger partial charge >= 0.3 is 5.97 Å². The van der Waals surface area contributed by atoms with Crippen molar-refractivity contribution >= 4 is 21.7 Å². The molecule has 28 heavy (non-hydrogen) atoms. The van der Waals surface area contributed by atoms with Crippen molar-refractivity contribution in [3.63, 3.8) is 0 Å². The predicted molar refractivity (Wildman–Crippen MR) is 112 cm³/mol. The smallest absolute Gasteiger partial charge is 0.335 e. The van der Waals surface area contributed by atoms with Crippen molar-refractivity contribution < 1.29 is 18.3 Å². The highest BCUT2D eigenvalue weighted by molar-refractivity contribution is 7.92. The Morgan fingerprint density at radius 2 is 1.61 bits per heavy atom. The largest absolute Gasteiger partial charge is 0.478 e. The number of anilines is 1. The zero-order valence-electron chi connectivity index (χ0n) is 16.5. The van der Waals surface area contributed by atoms with Crippen molar-refractivity contribution in [1.82, 2.24) is 0 Å². The van der Waals surface area contributed by atoms with Gasteiger partial charge in [0.05, 0.1) is 16.1 Å². The highest BCUT2D eigenvalue weighted by Gasteiger charge is 2.24. The monoisotopic (exact) mass is 403 g/mol. The third kappa shape index (κ3) is 5.83. The van der Waals surface area contributed by atoms with E-state index in [0.717, 1.165) is 25.7 Å². The van der Waals surface area contributed by atoms with Gasteiger partial charge < -0.3 is 5.11 Å². The van der Waals surface area contributed by atoms with Crippen molar-refractivity contribution in [2.45, 2.75) is 50.8 Å². The summed E-state index contributed by atoms with van der Waals surface area (Å²) in [5.74, 6) is -0.482. The molecule has 0 aliphatic carbocycles. The molecule has 2 rings (SSSR count). The van der Waals surface area contributed by atoms with Gasteiger partial charge in [0.15, 0.2) is 0 Å². The summed E-state index contributed by atoms with van der Waals surface area (Å²) in [6.07, 6.45) is 5.19. The van der Waals surface area contributed by atoms with Crippen molar-refractivity contribution in [2.24, 2.45) is 5.92 Å². The molecular weight excluding hydrogens is 374 g/mol. The number of nitrogens with zero attached hydrogens (tertiary/aromatic N) is 1. The van der Waals surface area contributed by atoms with Crippen LogP contribution >= 0.6 is 0 Å². The van der Waals surface area contributed by atoms with Crippen LogP contribution in [0.3, 0.4) is 0 Å². The van der Waals surface area contributed by atoms with Crippen LogP contribution in [-0.2, 0) is 10.0 Å². The number of carboxylic acids is 1. The van der Waals surface area contributed by atoms with Crippen LogP contribution in [0.5, 0.6) is 0 Å². The molecule has 0 aliphatic heterocycles. The lowest BCUT2D eigenvalue weighted by atomic mass is 9.99. The molecule has 1 unspecified atom stereocenters. The van der Waals surface area contributed by atoms with Gasteiger partial charge in [0.25, 0.3) is 10.0 Å². The minimum Gasteiger partial charge on any atom is -0.478 e. The first-order chi connectivity index (χ1) is 13.4. The summed E-state index contributed by atoms with van der Waals surface area (Å²) in [5.41, 5.74) is 0.615. The van der Waals surface area contributed by atoms with E-state index in [1.165, 1.54) is 22.9 Å². The van der Waals surface area contributed by atoms with E-state index in [9.17, 15) is 13.2 Å². The second kappa shape index (κ2) is 10.3. The van der Waals surface area contributed by atoms with Crippen molar-refractivity contribution in [2.75, 3.05) is 10.8 Å². The molecule has 0 saturated heterocycles. The van der Waals surface area contributed by atoms with Crippen LogP contribution in [0.15, 0.2) is 59.5 Å². The third-order valence-electron chi connectivity index (χ3n) is 4.84. The van der Waals surface area contributed by atoms with Gasteiger partial charge in [-0.05, 0) is 55.2 Å². The Hall–Kier alpha value is -2.34. The van der Waals surface area contributed by atoms with Gasteiger partial charge in [0, 0.05) is 6.54 Å². The summed E-state index contributed by atoms with van der Waals surface area (Å²) >= 11 is 0. The molecule has 0 radical (unpaired) electrons. The summed E-state index contributed by atoms with van der Waals surface area (Å²) in [5, 5.41) is 9.09. The van der Waals surface area contributed by atoms with Crippen LogP contribution in [0.2, 0.25) is 0 Å². The second-order valence-electron chi connectivity index (χ2n) is 7.13. The maximum Gasteiger partial charge on any atom is 0.335 e. The number of aromatic carboxylic acids is 1. The summed E-state index contributed by atoms with van der Waals surface area (Å²) < 4.78 is 27.8. The van der Waals surface area contributed by atoms with E-state index in [-0.39, 0.29) is 10.5 Å². The Bertz CT molecular complexity index is 848. The van der Waals surface area contributed by atoms with E-state index in [0.29, 0.717) is 18.2 Å². The zero-order chi connectivity index (χ0) is 20.6. The molecule has 0 aliphatic rings. The Kier molecular flexibility index (Phi) is 8.05. The van der Waals surface area contributed by atoms with E-state index in [1.54, 1.807) is 42.5 Å². The van der Waals surface area contributed by atoms with Gasteiger partial charge in [-0.15, -0.1) is 0 Å². The Labute approximate surface area is 168 Å². The number of carboxylic acid groups (broad SMARTS) is 1. The molecule has 2 aromatic carbocycles. The molecule has 0 saturated carbocycles. The molecule has 152 valence electrons. The molecule has 2 aromatic rings. The topological polar surface area (TPSA) is 74.7 Å². The second-order valence-corrected chi connectivity index (χ2v) is 8.99. The molecule has 0 amide bonds. The van der Waals surface area contributed by atoms with E-state index in [4.69, 9.17) is 5.11 Å². The number of hydrogen-bond acceptors (Lipinski definition) is 3. The number of hydrogen-bond donors (Lipinski definition) is 1. The fourth-order valence-electron chi connectivity index (χ4n) is 3.16. The van der Waals surface area contributed by atoms with E-state index < -0.39 is 16.0 Å². The van der Waals surface area contributed by atoms with Gasteiger partial charge in [0.2, 0.25) is 0 Å². The first kappa shape index (κ1) is 22.0. The van der Waals surface area contributed by atoms with E-state index >= 15 is 0 Å². The lowest BCUT2D eigenvalue weighted by Crippen LogP contribution is -2.32. The van der Waals surface area contributed by atoms with Crippen LogP contribution in [0.1, 0.15) is 56.3 Å². The minimum atomic E-state index is -3.72. The van der Waals surface area contributed by atoms with Crippen LogP contribution < -0.4 is 4.31 Å². The summed E-state index contributed by atoms with van der Waals surface area (Å²) in [6.45, 7) is 4.73. The molecule has 5 nitrogen and oxygen atoms in total. The third-order valence-corrected chi connectivity index (χ3v) is 6.68. The lowest BCUT2D eigenvalue weighted by molar-refractivity contribution is 0.0697. The highest BCUT2D eigenvalue weighted by Crippen LogP contribution is 2.25. The SMILES string of the molecule is CCCCC(C)CCCN(c1ccc(C(=O)O)cc1)S(=O)(=O)c1ccccc1. The highest BCUT2D eigenvalue weighted by atomic mass is 32.2. The zero-order valence-corrected chi connectivity index (χ0v) is 17.4. The van der Waals surface area contributed by atoms with Gasteiger partial charge in [0.1, 0.15) is 0 Å². The molecular formula is C22H29NO4S. The molecule has 0 heterocycles. The Morgan fingerprint density at radius 1 is 1.00 bits per heavy atom. The number of carbonyl (C=O) groups is 1. The maximum atomic E-state index is 13.2. The van der Waals surface area contributed by atoms with Crippen LogP contribution in [0.25, 0.3) is 0 Å².